The van der Waals surface area contributed by atoms with Gasteiger partial charge in [-0.15, -0.1) is 0 Å². The summed E-state index contributed by atoms with van der Waals surface area (Å²) in [5.74, 6) is -0.545. The van der Waals surface area contributed by atoms with Gasteiger partial charge in [0.1, 0.15) is 11.3 Å². The molecule has 0 bridgehead atoms. The van der Waals surface area contributed by atoms with Crippen LogP contribution >= 0.6 is 0 Å². The number of hydrogen-bond acceptors (Lipinski definition) is 4. The van der Waals surface area contributed by atoms with Crippen LogP contribution in [0.4, 0.5) is 0 Å². The van der Waals surface area contributed by atoms with Gasteiger partial charge in [-0.3, -0.25) is 9.80 Å². The molecule has 2 aromatic carbocycles. The molecule has 0 spiro atoms. The largest absolute Gasteiger partial charge is 0.496 e. The second kappa shape index (κ2) is 8.34. The van der Waals surface area contributed by atoms with Gasteiger partial charge in [-0.2, -0.15) is 0 Å². The number of carboxylic acid groups (broad SMARTS) is 1. The number of benzene rings is 2. The van der Waals surface area contributed by atoms with Gasteiger partial charge in [0.05, 0.1) is 7.11 Å². The fourth-order valence-corrected chi connectivity index (χ4v) is 3.45. The average molecular weight is 354 g/mol. The Morgan fingerprint density at radius 2 is 1.62 bits per heavy atom. The van der Waals surface area contributed by atoms with Crippen LogP contribution in [0.25, 0.3) is 0 Å². The van der Waals surface area contributed by atoms with Crippen molar-refractivity contribution in [3.05, 3.63) is 64.7 Å². The van der Waals surface area contributed by atoms with Crippen LogP contribution in [0.1, 0.15) is 27.0 Å². The first kappa shape index (κ1) is 18.4. The molecule has 1 heterocycles. The molecule has 3 rings (SSSR count). The number of methoxy groups -OCH3 is 1. The molecule has 0 aromatic heterocycles. The predicted molar refractivity (Wildman–Crippen MR) is 102 cm³/mol. The molecule has 0 radical (unpaired) electrons. The van der Waals surface area contributed by atoms with Crippen LogP contribution in [0, 0.1) is 6.92 Å². The second-order valence-electron chi connectivity index (χ2n) is 6.88. The zero-order chi connectivity index (χ0) is 18.5. The highest BCUT2D eigenvalue weighted by Crippen LogP contribution is 2.21. The number of rotatable bonds is 6. The van der Waals surface area contributed by atoms with E-state index in [9.17, 15) is 9.90 Å². The first-order valence-corrected chi connectivity index (χ1v) is 8.95. The van der Waals surface area contributed by atoms with Crippen LogP contribution < -0.4 is 4.74 Å². The SMILES string of the molecule is COc1ccc(CN2CCN(Cc3cccc(C)c3)CC2)cc1C(=O)O. The Morgan fingerprint density at radius 1 is 1.00 bits per heavy atom. The minimum absolute atomic E-state index is 0.225. The molecule has 5 nitrogen and oxygen atoms in total. The Bertz CT molecular complexity index is 768. The Hall–Kier alpha value is -2.37. The molecule has 1 N–H and O–H groups in total. The summed E-state index contributed by atoms with van der Waals surface area (Å²) in [6.07, 6.45) is 0. The van der Waals surface area contributed by atoms with Crippen molar-refractivity contribution in [2.24, 2.45) is 0 Å². The smallest absolute Gasteiger partial charge is 0.339 e. The van der Waals surface area contributed by atoms with E-state index in [1.54, 1.807) is 12.1 Å². The fraction of sp³-hybridized carbons (Fsp3) is 0.381. The van der Waals surface area contributed by atoms with Crippen LogP contribution in [0.2, 0.25) is 0 Å². The summed E-state index contributed by atoms with van der Waals surface area (Å²) in [5.41, 5.74) is 3.90. The zero-order valence-corrected chi connectivity index (χ0v) is 15.4. The van der Waals surface area contributed by atoms with Crippen molar-refractivity contribution < 1.29 is 14.6 Å². The highest BCUT2D eigenvalue weighted by atomic mass is 16.5. The van der Waals surface area contributed by atoms with Gasteiger partial charge < -0.3 is 9.84 Å². The summed E-state index contributed by atoms with van der Waals surface area (Å²) in [4.78, 5) is 16.2. The Kier molecular flexibility index (Phi) is 5.91. The van der Waals surface area contributed by atoms with Crippen LogP contribution in [0.5, 0.6) is 5.75 Å². The van der Waals surface area contributed by atoms with Crippen molar-refractivity contribution in [3.8, 4) is 5.75 Å². The molecule has 138 valence electrons. The molecule has 5 heteroatoms. The van der Waals surface area contributed by atoms with Crippen molar-refractivity contribution in [1.29, 1.82) is 0 Å². The maximum absolute atomic E-state index is 11.4. The number of nitrogens with zero attached hydrogens (tertiary/aromatic N) is 2. The van der Waals surface area contributed by atoms with E-state index in [1.165, 1.54) is 18.2 Å². The number of carboxylic acids is 1. The number of ether oxygens (including phenoxy) is 1. The maximum Gasteiger partial charge on any atom is 0.339 e. The standard InChI is InChI=1S/C21H26N2O3/c1-16-4-3-5-17(12-16)14-22-8-10-23(11-9-22)15-18-6-7-20(26-2)19(13-18)21(24)25/h3-7,12-13H,8-11,14-15H2,1-2H3,(H,24,25). The third-order valence-corrected chi connectivity index (χ3v) is 4.85. The summed E-state index contributed by atoms with van der Waals surface area (Å²) in [7, 11) is 1.49. The fourth-order valence-electron chi connectivity index (χ4n) is 3.45. The summed E-state index contributed by atoms with van der Waals surface area (Å²) in [6, 6.07) is 14.1. The van der Waals surface area contributed by atoms with Crippen molar-refractivity contribution in [2.75, 3.05) is 33.3 Å². The van der Waals surface area contributed by atoms with E-state index in [1.807, 2.05) is 6.07 Å². The molecule has 1 aliphatic heterocycles. The number of aromatic carboxylic acids is 1. The average Bonchev–Trinajstić information content (AvgIpc) is 2.63. The van der Waals surface area contributed by atoms with E-state index in [2.05, 4.69) is 41.0 Å². The predicted octanol–water partition coefficient (Wildman–Crippen LogP) is 3.02. The van der Waals surface area contributed by atoms with Gasteiger partial charge in [0.2, 0.25) is 0 Å². The van der Waals surface area contributed by atoms with Gasteiger partial charge in [-0.1, -0.05) is 35.9 Å². The van der Waals surface area contributed by atoms with E-state index in [0.717, 1.165) is 44.8 Å². The Balaban J connectivity index is 1.55. The highest BCUT2D eigenvalue weighted by Gasteiger charge is 2.18. The van der Waals surface area contributed by atoms with Gasteiger partial charge in [-0.25, -0.2) is 4.79 Å². The summed E-state index contributed by atoms with van der Waals surface area (Å²) in [5, 5.41) is 9.32. The monoisotopic (exact) mass is 354 g/mol. The van der Waals surface area contributed by atoms with Crippen molar-refractivity contribution in [1.82, 2.24) is 9.80 Å². The van der Waals surface area contributed by atoms with Crippen LogP contribution in [-0.4, -0.2) is 54.2 Å². The summed E-state index contributed by atoms with van der Waals surface area (Å²) in [6.45, 7) is 7.90. The molecule has 0 unspecified atom stereocenters. The van der Waals surface area contributed by atoms with Crippen molar-refractivity contribution >= 4 is 5.97 Å². The molecular formula is C21H26N2O3. The maximum atomic E-state index is 11.4. The Morgan fingerprint density at radius 3 is 2.15 bits per heavy atom. The van der Waals surface area contributed by atoms with E-state index in [4.69, 9.17) is 4.74 Å². The number of piperazine rings is 1. The molecule has 1 aliphatic rings. The molecule has 1 fully saturated rings. The summed E-state index contributed by atoms with van der Waals surface area (Å²) < 4.78 is 5.13. The normalized spacial score (nSPS) is 15.8. The zero-order valence-electron chi connectivity index (χ0n) is 15.4. The van der Waals surface area contributed by atoms with E-state index < -0.39 is 5.97 Å². The van der Waals surface area contributed by atoms with Gasteiger partial charge in [0, 0.05) is 39.3 Å². The molecule has 2 aromatic rings. The van der Waals surface area contributed by atoms with Gasteiger partial charge >= 0.3 is 5.97 Å². The highest BCUT2D eigenvalue weighted by molar-refractivity contribution is 5.91. The molecular weight excluding hydrogens is 328 g/mol. The molecule has 0 atom stereocenters. The lowest BCUT2D eigenvalue weighted by molar-refractivity contribution is 0.0693. The van der Waals surface area contributed by atoms with Crippen molar-refractivity contribution in [2.45, 2.75) is 20.0 Å². The lowest BCUT2D eigenvalue weighted by Gasteiger charge is -2.34. The number of hydrogen-bond donors (Lipinski definition) is 1. The van der Waals surface area contributed by atoms with E-state index in [0.29, 0.717) is 5.75 Å². The molecule has 0 aliphatic carbocycles. The number of carbonyl (C=O) groups is 1. The van der Waals surface area contributed by atoms with Crippen LogP contribution in [0.15, 0.2) is 42.5 Å². The minimum Gasteiger partial charge on any atom is -0.496 e. The van der Waals surface area contributed by atoms with Gasteiger partial charge in [0.15, 0.2) is 0 Å². The van der Waals surface area contributed by atoms with Crippen molar-refractivity contribution in [3.63, 3.8) is 0 Å². The third kappa shape index (κ3) is 4.62. The minimum atomic E-state index is -0.952. The molecule has 0 amide bonds. The van der Waals surface area contributed by atoms with Gasteiger partial charge in [-0.05, 0) is 30.2 Å². The lowest BCUT2D eigenvalue weighted by atomic mass is 10.1. The van der Waals surface area contributed by atoms with Crippen LogP contribution in [0.3, 0.4) is 0 Å². The first-order valence-electron chi connectivity index (χ1n) is 8.95. The molecule has 1 saturated heterocycles. The lowest BCUT2D eigenvalue weighted by Crippen LogP contribution is -2.45. The topological polar surface area (TPSA) is 53.0 Å². The Labute approximate surface area is 154 Å². The van der Waals surface area contributed by atoms with Crippen LogP contribution in [-0.2, 0) is 13.1 Å². The van der Waals surface area contributed by atoms with Gasteiger partial charge in [0.25, 0.3) is 0 Å². The summed E-state index contributed by atoms with van der Waals surface area (Å²) >= 11 is 0. The molecule has 0 saturated carbocycles. The molecule has 26 heavy (non-hydrogen) atoms. The third-order valence-electron chi connectivity index (χ3n) is 4.85. The second-order valence-corrected chi connectivity index (χ2v) is 6.88. The first-order chi connectivity index (χ1) is 12.5. The van der Waals surface area contributed by atoms with E-state index in [-0.39, 0.29) is 5.56 Å². The number of aryl methyl sites for hydroxylation is 1. The van der Waals surface area contributed by atoms with E-state index >= 15 is 0 Å². The quantitative estimate of drug-likeness (QED) is 0.864.